The van der Waals surface area contributed by atoms with Crippen molar-refractivity contribution >= 4 is 39.7 Å². The van der Waals surface area contributed by atoms with E-state index in [0.29, 0.717) is 30.2 Å². The van der Waals surface area contributed by atoms with Crippen LogP contribution in [-0.4, -0.2) is 30.9 Å². The fourth-order valence-corrected chi connectivity index (χ4v) is 3.58. The molecular weight excluding hydrogens is 327 g/mol. The Bertz CT molecular complexity index is 905. The van der Waals surface area contributed by atoms with Crippen molar-refractivity contribution < 1.29 is 13.2 Å². The van der Waals surface area contributed by atoms with Crippen molar-refractivity contribution in [2.75, 3.05) is 12.3 Å². The highest BCUT2D eigenvalue weighted by Crippen LogP contribution is 2.37. The summed E-state index contributed by atoms with van der Waals surface area (Å²) < 4.78 is 40.9. The van der Waals surface area contributed by atoms with Crippen LogP contribution in [0.15, 0.2) is 24.3 Å². The maximum atomic E-state index is 12.6. The third-order valence-electron chi connectivity index (χ3n) is 3.81. The number of anilines is 1. The van der Waals surface area contributed by atoms with Gasteiger partial charge in [-0.05, 0) is 6.07 Å². The average molecular weight is 339 g/mol. The lowest BCUT2D eigenvalue weighted by Gasteiger charge is -2.27. The zero-order valence-corrected chi connectivity index (χ0v) is 12.7. The Hall–Kier alpha value is -2.00. The van der Waals surface area contributed by atoms with Gasteiger partial charge in [-0.1, -0.05) is 18.2 Å². The summed E-state index contributed by atoms with van der Waals surface area (Å²) in [5.74, 6) is 0.878. The van der Waals surface area contributed by atoms with Crippen molar-refractivity contribution in [2.24, 2.45) is 0 Å². The minimum absolute atomic E-state index is 0.108. The number of nitrogens with zero attached hydrogens (tertiary/aromatic N) is 4. The number of imidazole rings is 1. The number of hydrogen-bond donors (Lipinski definition) is 1. The van der Waals surface area contributed by atoms with Gasteiger partial charge >= 0.3 is 5.51 Å². The fourth-order valence-electron chi connectivity index (χ4n) is 2.94. The topological polar surface area (TPSA) is 60.0 Å². The summed E-state index contributed by atoms with van der Waals surface area (Å²) in [7, 11) is 0. The van der Waals surface area contributed by atoms with Gasteiger partial charge in [-0.15, -0.1) is 0 Å². The van der Waals surface area contributed by atoms with Gasteiger partial charge < -0.3 is 10.3 Å². The summed E-state index contributed by atoms with van der Waals surface area (Å²) in [5.41, 5.74) is 3.85. The first-order valence-corrected chi connectivity index (χ1v) is 7.74. The van der Waals surface area contributed by atoms with Crippen LogP contribution in [0.5, 0.6) is 0 Å². The molecule has 3 aromatic rings. The highest BCUT2D eigenvalue weighted by Gasteiger charge is 2.35. The largest absolute Gasteiger partial charge is 0.456 e. The van der Waals surface area contributed by atoms with E-state index in [1.165, 1.54) is 4.31 Å². The number of alkyl halides is 3. The molecule has 3 heterocycles. The Kier molecular flexibility index (Phi) is 3.17. The van der Waals surface area contributed by atoms with Crippen molar-refractivity contribution in [2.45, 2.75) is 18.6 Å². The first-order chi connectivity index (χ1) is 10.9. The highest BCUT2D eigenvalue weighted by molar-refractivity contribution is 7.97. The molecule has 0 saturated carbocycles. The second-order valence-corrected chi connectivity index (χ2v) is 6.45. The van der Waals surface area contributed by atoms with Crippen molar-refractivity contribution in [1.82, 2.24) is 18.8 Å². The fraction of sp³-hybridized carbons (Fsp3) is 0.286. The number of aromatic nitrogens is 3. The number of nitrogen functional groups attached to an aromatic ring is 1. The molecule has 0 saturated heterocycles. The van der Waals surface area contributed by atoms with Gasteiger partial charge in [0.15, 0.2) is 5.82 Å². The first kappa shape index (κ1) is 14.6. The lowest BCUT2D eigenvalue weighted by Crippen LogP contribution is -2.31. The normalized spacial score (nSPS) is 16.1. The number of para-hydroxylation sites is 1. The van der Waals surface area contributed by atoms with E-state index in [4.69, 9.17) is 5.73 Å². The predicted molar refractivity (Wildman–Crippen MR) is 83.5 cm³/mol. The highest BCUT2D eigenvalue weighted by atomic mass is 32.2. The summed E-state index contributed by atoms with van der Waals surface area (Å²) in [6.45, 7) is 0.841. The quantitative estimate of drug-likeness (QED) is 0.690. The van der Waals surface area contributed by atoms with E-state index in [1.807, 2.05) is 28.8 Å². The van der Waals surface area contributed by atoms with Crippen LogP contribution >= 0.6 is 11.9 Å². The zero-order valence-electron chi connectivity index (χ0n) is 11.8. The van der Waals surface area contributed by atoms with Gasteiger partial charge in [0.1, 0.15) is 11.3 Å². The van der Waals surface area contributed by atoms with E-state index < -0.39 is 5.51 Å². The smallest absolute Gasteiger partial charge is 0.382 e. The Morgan fingerprint density at radius 1 is 1.13 bits per heavy atom. The van der Waals surface area contributed by atoms with Gasteiger partial charge in [-0.25, -0.2) is 14.3 Å². The molecule has 0 aliphatic carbocycles. The van der Waals surface area contributed by atoms with Crippen molar-refractivity contribution in [1.29, 1.82) is 0 Å². The maximum absolute atomic E-state index is 12.6. The van der Waals surface area contributed by atoms with Crippen LogP contribution < -0.4 is 5.73 Å². The van der Waals surface area contributed by atoms with Gasteiger partial charge in [-0.2, -0.15) is 13.2 Å². The molecule has 0 unspecified atom stereocenters. The Labute approximate surface area is 133 Å². The van der Waals surface area contributed by atoms with Gasteiger partial charge in [0.2, 0.25) is 0 Å². The molecule has 5 nitrogen and oxygen atoms in total. The molecule has 0 radical (unpaired) electrons. The van der Waals surface area contributed by atoms with Crippen LogP contribution in [0.25, 0.3) is 21.9 Å². The molecule has 1 aromatic carbocycles. The van der Waals surface area contributed by atoms with Crippen LogP contribution in [-0.2, 0) is 13.1 Å². The van der Waals surface area contributed by atoms with Crippen molar-refractivity contribution in [3.8, 4) is 0 Å². The van der Waals surface area contributed by atoms with Crippen molar-refractivity contribution in [3.05, 3.63) is 30.1 Å². The summed E-state index contributed by atoms with van der Waals surface area (Å²) in [6, 6.07) is 7.56. The van der Waals surface area contributed by atoms with Crippen LogP contribution in [0, 0.1) is 0 Å². The van der Waals surface area contributed by atoms with E-state index in [2.05, 4.69) is 9.97 Å². The van der Waals surface area contributed by atoms with E-state index in [0.717, 1.165) is 16.4 Å². The average Bonchev–Trinajstić information content (AvgIpc) is 2.85. The number of nitrogens with two attached hydrogens (primary N) is 1. The summed E-state index contributed by atoms with van der Waals surface area (Å²) in [5, 5.41) is 0.910. The van der Waals surface area contributed by atoms with Gasteiger partial charge in [0, 0.05) is 30.4 Å². The number of rotatable bonds is 1. The molecule has 120 valence electrons. The van der Waals surface area contributed by atoms with Gasteiger partial charge in [-0.3, -0.25) is 0 Å². The number of hydrogen-bond acceptors (Lipinski definition) is 5. The van der Waals surface area contributed by atoms with Gasteiger partial charge in [0.05, 0.1) is 17.6 Å². The summed E-state index contributed by atoms with van der Waals surface area (Å²) in [6.07, 6.45) is 0. The number of benzene rings is 1. The molecule has 2 aromatic heterocycles. The van der Waals surface area contributed by atoms with E-state index >= 15 is 0 Å². The Balaban J connectivity index is 1.85. The van der Waals surface area contributed by atoms with Gasteiger partial charge in [0.25, 0.3) is 0 Å². The van der Waals surface area contributed by atoms with Crippen molar-refractivity contribution in [3.63, 3.8) is 0 Å². The van der Waals surface area contributed by atoms with Crippen LogP contribution in [0.2, 0.25) is 0 Å². The molecule has 1 aliphatic heterocycles. The molecule has 0 spiro atoms. The molecule has 0 amide bonds. The molecule has 2 N–H and O–H groups in total. The zero-order chi connectivity index (χ0) is 16.2. The molecule has 0 bridgehead atoms. The standard InChI is InChI=1S/C14H12F3N5S/c15-14(16,17)23-21-5-6-22-10(7-21)20-11-12(22)8-3-1-2-4-9(8)19-13(11)18/h1-4H,5-7H2,(H2,18,19). The SMILES string of the molecule is Nc1nc2ccccc2c2c1nc1n2CCN(SC(F)(F)F)C1. The predicted octanol–water partition coefficient (Wildman–Crippen LogP) is 3.15. The first-order valence-electron chi connectivity index (χ1n) is 6.96. The Morgan fingerprint density at radius 3 is 2.70 bits per heavy atom. The van der Waals surface area contributed by atoms with Crippen LogP contribution in [0.1, 0.15) is 5.82 Å². The molecule has 9 heteroatoms. The number of fused-ring (bicyclic) bond motifs is 5. The molecule has 1 aliphatic rings. The second-order valence-electron chi connectivity index (χ2n) is 5.29. The third-order valence-corrected chi connectivity index (χ3v) is 4.59. The van der Waals surface area contributed by atoms with E-state index in [9.17, 15) is 13.2 Å². The molecule has 0 atom stereocenters. The lowest BCUT2D eigenvalue weighted by atomic mass is 10.2. The molecular formula is C14H12F3N5S. The summed E-state index contributed by atoms with van der Waals surface area (Å²) >= 11 is -0.108. The van der Waals surface area contributed by atoms with Crippen LogP contribution in [0.3, 0.4) is 0 Å². The second kappa shape index (κ2) is 5.00. The minimum atomic E-state index is -4.29. The maximum Gasteiger partial charge on any atom is 0.456 e. The third kappa shape index (κ3) is 2.49. The lowest BCUT2D eigenvalue weighted by molar-refractivity contribution is -0.0367. The Morgan fingerprint density at radius 2 is 1.91 bits per heavy atom. The molecule has 0 fully saturated rings. The number of pyridine rings is 1. The molecule has 23 heavy (non-hydrogen) atoms. The minimum Gasteiger partial charge on any atom is -0.382 e. The summed E-state index contributed by atoms with van der Waals surface area (Å²) in [4.78, 5) is 8.77. The van der Waals surface area contributed by atoms with E-state index in [1.54, 1.807) is 0 Å². The van der Waals surface area contributed by atoms with E-state index in [-0.39, 0.29) is 18.5 Å². The van der Waals surface area contributed by atoms with Crippen LogP contribution in [0.4, 0.5) is 19.0 Å². The molecule has 4 rings (SSSR count). The number of halogens is 3. The monoisotopic (exact) mass is 339 g/mol.